The summed E-state index contributed by atoms with van der Waals surface area (Å²) in [7, 11) is 0. The molecule has 0 heterocycles. The number of nitrogens with one attached hydrogen (secondary N) is 2. The molecule has 2 fully saturated rings. The second-order valence-corrected chi connectivity index (χ2v) is 4.93. The van der Waals surface area contributed by atoms with Crippen LogP contribution in [0.4, 0.5) is 0 Å². The Labute approximate surface area is 90.4 Å². The highest BCUT2D eigenvalue weighted by molar-refractivity contribution is 5.76. The van der Waals surface area contributed by atoms with E-state index >= 15 is 0 Å². The van der Waals surface area contributed by atoms with E-state index < -0.39 is 0 Å². The maximum Gasteiger partial charge on any atom is 0.221 e. The number of amides is 1. The van der Waals surface area contributed by atoms with Crippen LogP contribution >= 0.6 is 0 Å². The van der Waals surface area contributed by atoms with E-state index in [0.29, 0.717) is 12.5 Å². The highest BCUT2D eigenvalue weighted by Crippen LogP contribution is 2.44. The first-order chi connectivity index (χ1) is 7.24. The van der Waals surface area contributed by atoms with Gasteiger partial charge in [0.2, 0.25) is 5.91 Å². The number of aliphatic hydroxyl groups excluding tert-OH is 1. The van der Waals surface area contributed by atoms with Crippen molar-refractivity contribution in [1.82, 2.24) is 10.6 Å². The maximum atomic E-state index is 11.3. The van der Waals surface area contributed by atoms with Crippen molar-refractivity contribution < 1.29 is 9.90 Å². The molecule has 86 valence electrons. The Kier molecular flexibility index (Phi) is 3.26. The first-order valence-corrected chi connectivity index (χ1v) is 5.85. The van der Waals surface area contributed by atoms with Crippen LogP contribution < -0.4 is 10.6 Å². The zero-order valence-electron chi connectivity index (χ0n) is 9.09. The summed E-state index contributed by atoms with van der Waals surface area (Å²) < 4.78 is 0. The Hall–Kier alpha value is -0.610. The molecule has 0 aliphatic heterocycles. The summed E-state index contributed by atoms with van der Waals surface area (Å²) in [5.41, 5.74) is 0.146. The Bertz CT molecular complexity index is 235. The van der Waals surface area contributed by atoms with Gasteiger partial charge in [0.05, 0.1) is 0 Å². The number of hydrogen-bond acceptors (Lipinski definition) is 3. The molecule has 1 amide bonds. The molecule has 2 aliphatic rings. The second kappa shape index (κ2) is 4.49. The number of rotatable bonds is 7. The number of aliphatic hydroxyl groups is 1. The van der Waals surface area contributed by atoms with Crippen LogP contribution in [0.2, 0.25) is 0 Å². The lowest BCUT2D eigenvalue weighted by Crippen LogP contribution is -2.32. The summed E-state index contributed by atoms with van der Waals surface area (Å²) in [6.45, 7) is 1.84. The van der Waals surface area contributed by atoms with E-state index in [2.05, 4.69) is 10.6 Å². The second-order valence-electron chi connectivity index (χ2n) is 4.93. The van der Waals surface area contributed by atoms with Gasteiger partial charge in [-0.1, -0.05) is 0 Å². The smallest absolute Gasteiger partial charge is 0.221 e. The van der Waals surface area contributed by atoms with Gasteiger partial charge in [0, 0.05) is 37.6 Å². The molecule has 0 aromatic heterocycles. The van der Waals surface area contributed by atoms with Crippen LogP contribution in [0.3, 0.4) is 0 Å². The molecule has 2 saturated carbocycles. The van der Waals surface area contributed by atoms with Crippen molar-refractivity contribution in [2.75, 3.05) is 19.7 Å². The number of hydrogen-bond donors (Lipinski definition) is 3. The van der Waals surface area contributed by atoms with E-state index in [1.54, 1.807) is 0 Å². The fourth-order valence-corrected chi connectivity index (χ4v) is 1.65. The van der Waals surface area contributed by atoms with Crippen molar-refractivity contribution in [1.29, 1.82) is 0 Å². The minimum absolute atomic E-state index is 0.146. The lowest BCUT2D eigenvalue weighted by Gasteiger charge is -2.12. The molecule has 0 saturated heterocycles. The first-order valence-electron chi connectivity index (χ1n) is 5.85. The van der Waals surface area contributed by atoms with Gasteiger partial charge >= 0.3 is 0 Å². The zero-order valence-corrected chi connectivity index (χ0v) is 9.09. The summed E-state index contributed by atoms with van der Waals surface area (Å²) in [4.78, 5) is 11.3. The van der Waals surface area contributed by atoms with E-state index in [1.807, 2.05) is 0 Å². The van der Waals surface area contributed by atoms with Gasteiger partial charge in [-0.3, -0.25) is 4.79 Å². The normalized spacial score (nSPS) is 22.5. The molecular formula is C11H20N2O2. The SMILES string of the molecule is O=C(CCNCC1(CO)CC1)NC1CC1. The summed E-state index contributed by atoms with van der Waals surface area (Å²) in [6.07, 6.45) is 5.08. The third-order valence-electron chi connectivity index (χ3n) is 3.26. The Balaban J connectivity index is 1.49. The minimum Gasteiger partial charge on any atom is -0.396 e. The Morgan fingerprint density at radius 2 is 2.13 bits per heavy atom. The molecule has 0 bridgehead atoms. The van der Waals surface area contributed by atoms with E-state index in [1.165, 1.54) is 0 Å². The van der Waals surface area contributed by atoms with Crippen molar-refractivity contribution in [3.63, 3.8) is 0 Å². The molecule has 2 rings (SSSR count). The molecule has 0 aromatic rings. The van der Waals surface area contributed by atoms with E-state index in [9.17, 15) is 4.79 Å². The van der Waals surface area contributed by atoms with Crippen LogP contribution in [-0.4, -0.2) is 36.8 Å². The maximum absolute atomic E-state index is 11.3. The highest BCUT2D eigenvalue weighted by atomic mass is 16.3. The first kappa shape index (κ1) is 10.9. The van der Waals surface area contributed by atoms with Crippen LogP contribution in [-0.2, 0) is 4.79 Å². The molecule has 15 heavy (non-hydrogen) atoms. The topological polar surface area (TPSA) is 61.4 Å². The molecule has 2 aliphatic carbocycles. The molecule has 3 N–H and O–H groups in total. The summed E-state index contributed by atoms with van der Waals surface area (Å²) in [5.74, 6) is 0.152. The monoisotopic (exact) mass is 212 g/mol. The third kappa shape index (κ3) is 3.47. The van der Waals surface area contributed by atoms with Crippen LogP contribution in [0, 0.1) is 5.41 Å². The fraction of sp³-hybridized carbons (Fsp3) is 0.909. The van der Waals surface area contributed by atoms with Crippen LogP contribution in [0.15, 0.2) is 0 Å². The molecule has 4 heteroatoms. The van der Waals surface area contributed by atoms with Gasteiger partial charge in [0.1, 0.15) is 0 Å². The van der Waals surface area contributed by atoms with Crippen molar-refractivity contribution in [2.45, 2.75) is 38.1 Å². The number of carbonyl (C=O) groups is 1. The standard InChI is InChI=1S/C11H20N2O2/c14-8-11(4-5-11)7-12-6-3-10(15)13-9-1-2-9/h9,12,14H,1-8H2,(H,13,15). The summed E-state index contributed by atoms with van der Waals surface area (Å²) in [6, 6.07) is 0.463. The van der Waals surface area contributed by atoms with E-state index in [-0.39, 0.29) is 17.9 Å². The largest absolute Gasteiger partial charge is 0.396 e. The van der Waals surface area contributed by atoms with Crippen LogP contribution in [0.25, 0.3) is 0 Å². The number of carbonyl (C=O) groups excluding carboxylic acids is 1. The van der Waals surface area contributed by atoms with Gasteiger partial charge in [-0.05, 0) is 25.7 Å². The van der Waals surface area contributed by atoms with Gasteiger partial charge < -0.3 is 15.7 Å². The van der Waals surface area contributed by atoms with E-state index in [0.717, 1.165) is 38.8 Å². The molecule has 0 radical (unpaired) electrons. The summed E-state index contributed by atoms with van der Waals surface area (Å²) in [5, 5.41) is 15.3. The van der Waals surface area contributed by atoms with E-state index in [4.69, 9.17) is 5.11 Å². The Morgan fingerprint density at radius 1 is 1.40 bits per heavy atom. The molecule has 0 aromatic carbocycles. The molecule has 0 spiro atoms. The molecular weight excluding hydrogens is 192 g/mol. The van der Waals surface area contributed by atoms with Gasteiger partial charge in [-0.25, -0.2) is 0 Å². The average molecular weight is 212 g/mol. The predicted molar refractivity (Wildman–Crippen MR) is 57.4 cm³/mol. The van der Waals surface area contributed by atoms with Crippen molar-refractivity contribution in [2.24, 2.45) is 5.41 Å². The van der Waals surface area contributed by atoms with Crippen molar-refractivity contribution in [3.8, 4) is 0 Å². The van der Waals surface area contributed by atoms with Gasteiger partial charge in [-0.2, -0.15) is 0 Å². The third-order valence-corrected chi connectivity index (χ3v) is 3.26. The fourth-order valence-electron chi connectivity index (χ4n) is 1.65. The quantitative estimate of drug-likeness (QED) is 0.521. The van der Waals surface area contributed by atoms with Gasteiger partial charge in [0.15, 0.2) is 0 Å². The average Bonchev–Trinajstić information content (AvgIpc) is 3.09. The highest BCUT2D eigenvalue weighted by Gasteiger charge is 2.41. The van der Waals surface area contributed by atoms with Gasteiger partial charge in [-0.15, -0.1) is 0 Å². The van der Waals surface area contributed by atoms with Crippen LogP contribution in [0.1, 0.15) is 32.1 Å². The molecule has 0 atom stereocenters. The Morgan fingerprint density at radius 3 is 2.67 bits per heavy atom. The predicted octanol–water partition coefficient (Wildman–Crippen LogP) is 0.0172. The van der Waals surface area contributed by atoms with Gasteiger partial charge in [0.25, 0.3) is 0 Å². The van der Waals surface area contributed by atoms with Crippen molar-refractivity contribution >= 4 is 5.91 Å². The lowest BCUT2D eigenvalue weighted by atomic mass is 10.1. The van der Waals surface area contributed by atoms with Crippen molar-refractivity contribution in [3.05, 3.63) is 0 Å². The lowest BCUT2D eigenvalue weighted by molar-refractivity contribution is -0.121. The molecule has 0 unspecified atom stereocenters. The zero-order chi connectivity index (χ0) is 10.7. The molecule has 4 nitrogen and oxygen atoms in total. The minimum atomic E-state index is 0.146. The van der Waals surface area contributed by atoms with Crippen LogP contribution in [0.5, 0.6) is 0 Å². The summed E-state index contributed by atoms with van der Waals surface area (Å²) >= 11 is 0.